The van der Waals surface area contributed by atoms with E-state index < -0.39 is 0 Å². The zero-order valence-electron chi connectivity index (χ0n) is 16.2. The molecule has 0 fully saturated rings. The second-order valence-electron chi connectivity index (χ2n) is 7.45. The van der Waals surface area contributed by atoms with E-state index in [-0.39, 0.29) is 23.4 Å². The zero-order valence-corrected chi connectivity index (χ0v) is 16.2. The molecule has 0 saturated heterocycles. The molecule has 1 atom stereocenters. The number of hydrogen-bond acceptors (Lipinski definition) is 5. The van der Waals surface area contributed by atoms with Crippen LogP contribution in [0.15, 0.2) is 21.3 Å². The maximum absolute atomic E-state index is 12.5. The second kappa shape index (κ2) is 8.56. The summed E-state index contributed by atoms with van der Waals surface area (Å²) < 4.78 is 13.8. The highest BCUT2D eigenvalue weighted by atomic mass is 16.5. The standard InChI is InChI=1S/C19H28N4O4/c1-13(2)8-11-23-19(25)22-10-9-14(4-7-17(22)21-23)20-18(24)16-6-5-15(27-16)12-26-3/h5-6,13-14H,4,7-12H2,1-3H3,(H,20,24). The van der Waals surface area contributed by atoms with Crippen molar-refractivity contribution in [2.45, 2.75) is 65.3 Å². The SMILES string of the molecule is COCc1ccc(C(=O)NC2CCc3nn(CCC(C)C)c(=O)n3CC2)o1. The van der Waals surface area contributed by atoms with Crippen LogP contribution in [0.1, 0.15) is 55.2 Å². The molecule has 0 aromatic carbocycles. The van der Waals surface area contributed by atoms with Crippen molar-refractivity contribution in [3.63, 3.8) is 0 Å². The Morgan fingerprint density at radius 3 is 2.96 bits per heavy atom. The van der Waals surface area contributed by atoms with Gasteiger partial charge in [-0.1, -0.05) is 13.8 Å². The highest BCUT2D eigenvalue weighted by Crippen LogP contribution is 2.14. The minimum Gasteiger partial charge on any atom is -0.453 e. The fourth-order valence-electron chi connectivity index (χ4n) is 3.27. The van der Waals surface area contributed by atoms with Crippen molar-refractivity contribution in [2.24, 2.45) is 5.92 Å². The predicted octanol–water partition coefficient (Wildman–Crippen LogP) is 1.97. The van der Waals surface area contributed by atoms with Crippen LogP contribution in [-0.2, 0) is 30.9 Å². The Kier molecular flexibility index (Phi) is 6.15. The van der Waals surface area contributed by atoms with Gasteiger partial charge >= 0.3 is 5.69 Å². The molecule has 0 saturated carbocycles. The highest BCUT2D eigenvalue weighted by Gasteiger charge is 2.23. The Balaban J connectivity index is 1.59. The number of hydrogen-bond donors (Lipinski definition) is 1. The largest absolute Gasteiger partial charge is 0.453 e. The molecule has 3 rings (SSSR count). The Labute approximate surface area is 158 Å². The molecule has 3 heterocycles. The van der Waals surface area contributed by atoms with Gasteiger partial charge in [0.15, 0.2) is 5.76 Å². The van der Waals surface area contributed by atoms with E-state index in [1.807, 2.05) is 0 Å². The normalized spacial score (nSPS) is 17.0. The Bertz CT molecular complexity index is 833. The molecule has 0 aliphatic carbocycles. The van der Waals surface area contributed by atoms with Crippen LogP contribution in [0.25, 0.3) is 0 Å². The Hall–Kier alpha value is -2.35. The van der Waals surface area contributed by atoms with Crippen molar-refractivity contribution < 1.29 is 13.9 Å². The molecular weight excluding hydrogens is 348 g/mol. The lowest BCUT2D eigenvalue weighted by Crippen LogP contribution is -2.35. The van der Waals surface area contributed by atoms with Crippen LogP contribution in [0.2, 0.25) is 0 Å². The number of carbonyl (C=O) groups excluding carboxylic acids is 1. The number of nitrogens with zero attached hydrogens (tertiary/aromatic N) is 3. The molecule has 2 aromatic rings. The minimum atomic E-state index is -0.240. The quantitative estimate of drug-likeness (QED) is 0.798. The molecule has 0 spiro atoms. The molecule has 2 aromatic heterocycles. The van der Waals surface area contributed by atoms with Crippen molar-refractivity contribution in [2.75, 3.05) is 7.11 Å². The fraction of sp³-hybridized carbons (Fsp3) is 0.632. The van der Waals surface area contributed by atoms with Crippen molar-refractivity contribution in [3.8, 4) is 0 Å². The van der Waals surface area contributed by atoms with Crippen molar-refractivity contribution in [1.29, 1.82) is 0 Å². The summed E-state index contributed by atoms with van der Waals surface area (Å²) >= 11 is 0. The van der Waals surface area contributed by atoms with E-state index in [1.165, 1.54) is 0 Å². The number of furan rings is 1. The van der Waals surface area contributed by atoms with Crippen molar-refractivity contribution in [1.82, 2.24) is 19.7 Å². The summed E-state index contributed by atoms with van der Waals surface area (Å²) in [6.45, 7) is 5.82. The average Bonchev–Trinajstić information content (AvgIpc) is 3.15. The monoisotopic (exact) mass is 376 g/mol. The molecule has 1 N–H and O–H groups in total. The van der Waals surface area contributed by atoms with E-state index >= 15 is 0 Å². The number of nitrogens with one attached hydrogen (secondary N) is 1. The number of carbonyl (C=O) groups is 1. The van der Waals surface area contributed by atoms with Gasteiger partial charge in [-0.15, -0.1) is 0 Å². The minimum absolute atomic E-state index is 0.0151. The van der Waals surface area contributed by atoms with Gasteiger partial charge in [0.2, 0.25) is 0 Å². The third-order valence-corrected chi connectivity index (χ3v) is 4.84. The molecule has 148 valence electrons. The van der Waals surface area contributed by atoms with Crippen molar-refractivity contribution >= 4 is 5.91 Å². The summed E-state index contributed by atoms with van der Waals surface area (Å²) in [4.78, 5) is 24.9. The molecule has 1 aliphatic rings. The molecule has 1 aliphatic heterocycles. The van der Waals surface area contributed by atoms with Crippen LogP contribution in [0, 0.1) is 5.92 Å². The summed E-state index contributed by atoms with van der Waals surface area (Å²) in [6.07, 6.45) is 3.05. The van der Waals surface area contributed by atoms with E-state index in [0.717, 1.165) is 18.7 Å². The molecular formula is C19H28N4O4. The van der Waals surface area contributed by atoms with Gasteiger partial charge in [0.1, 0.15) is 18.2 Å². The number of fused-ring (bicyclic) bond motifs is 1. The third kappa shape index (κ3) is 4.68. The number of aryl methyl sites for hydroxylation is 2. The summed E-state index contributed by atoms with van der Waals surface area (Å²) in [7, 11) is 1.58. The van der Waals surface area contributed by atoms with Gasteiger partial charge in [-0.05, 0) is 37.3 Å². The predicted molar refractivity (Wildman–Crippen MR) is 99.6 cm³/mol. The van der Waals surface area contributed by atoms with Gasteiger partial charge in [-0.25, -0.2) is 9.48 Å². The lowest BCUT2D eigenvalue weighted by Gasteiger charge is -2.15. The van der Waals surface area contributed by atoms with E-state index in [9.17, 15) is 9.59 Å². The molecule has 1 unspecified atom stereocenters. The van der Waals surface area contributed by atoms with E-state index in [1.54, 1.807) is 28.5 Å². The molecule has 0 bridgehead atoms. The third-order valence-electron chi connectivity index (χ3n) is 4.84. The molecule has 1 amide bonds. The lowest BCUT2D eigenvalue weighted by atomic mass is 10.1. The first-order chi connectivity index (χ1) is 13.0. The van der Waals surface area contributed by atoms with Gasteiger partial charge in [-0.3, -0.25) is 9.36 Å². The zero-order chi connectivity index (χ0) is 19.4. The maximum atomic E-state index is 12.5. The highest BCUT2D eigenvalue weighted by molar-refractivity contribution is 5.91. The van der Waals surface area contributed by atoms with Gasteiger partial charge in [0, 0.05) is 32.7 Å². The topological polar surface area (TPSA) is 91.3 Å². The summed E-state index contributed by atoms with van der Waals surface area (Å²) in [5.74, 6) is 1.99. The smallest absolute Gasteiger partial charge is 0.345 e. The Morgan fingerprint density at radius 1 is 1.41 bits per heavy atom. The lowest BCUT2D eigenvalue weighted by molar-refractivity contribution is 0.0896. The number of rotatable bonds is 7. The van der Waals surface area contributed by atoms with Crippen LogP contribution in [-0.4, -0.2) is 33.4 Å². The number of amides is 1. The van der Waals surface area contributed by atoms with E-state index in [2.05, 4.69) is 24.3 Å². The second-order valence-corrected chi connectivity index (χ2v) is 7.45. The first-order valence-corrected chi connectivity index (χ1v) is 9.53. The summed E-state index contributed by atoms with van der Waals surface area (Å²) in [5.41, 5.74) is -0.0483. The van der Waals surface area contributed by atoms with E-state index in [0.29, 0.717) is 44.2 Å². The molecule has 8 heteroatoms. The number of methoxy groups -OCH3 is 1. The number of ether oxygens (including phenoxy) is 1. The molecule has 8 nitrogen and oxygen atoms in total. The van der Waals surface area contributed by atoms with Gasteiger partial charge in [0.25, 0.3) is 5.91 Å². The van der Waals surface area contributed by atoms with Gasteiger partial charge in [-0.2, -0.15) is 5.10 Å². The van der Waals surface area contributed by atoms with Crippen LogP contribution < -0.4 is 11.0 Å². The van der Waals surface area contributed by atoms with Gasteiger partial charge < -0.3 is 14.5 Å². The molecule has 0 radical (unpaired) electrons. The average molecular weight is 376 g/mol. The summed E-state index contributed by atoms with van der Waals surface area (Å²) in [5, 5.41) is 7.51. The van der Waals surface area contributed by atoms with Crippen LogP contribution in [0.3, 0.4) is 0 Å². The number of aromatic nitrogens is 3. The first-order valence-electron chi connectivity index (χ1n) is 9.53. The van der Waals surface area contributed by atoms with Crippen LogP contribution in [0.5, 0.6) is 0 Å². The Morgan fingerprint density at radius 2 is 2.22 bits per heavy atom. The summed E-state index contributed by atoms with van der Waals surface area (Å²) in [6, 6.07) is 3.37. The fourth-order valence-corrected chi connectivity index (χ4v) is 3.27. The maximum Gasteiger partial charge on any atom is 0.345 e. The van der Waals surface area contributed by atoms with Gasteiger partial charge in [0.05, 0.1) is 0 Å². The van der Waals surface area contributed by atoms with Crippen molar-refractivity contribution in [3.05, 3.63) is 40.0 Å². The van der Waals surface area contributed by atoms with Crippen LogP contribution >= 0.6 is 0 Å². The van der Waals surface area contributed by atoms with E-state index in [4.69, 9.17) is 9.15 Å². The first kappa shape index (κ1) is 19.4. The van der Waals surface area contributed by atoms with Crippen LogP contribution in [0.4, 0.5) is 0 Å². The molecule has 27 heavy (non-hydrogen) atoms.